The zero-order chi connectivity index (χ0) is 20.2. The van der Waals surface area contributed by atoms with Crippen LogP contribution >= 0.6 is 11.8 Å². The van der Waals surface area contributed by atoms with Gasteiger partial charge in [-0.25, -0.2) is 4.68 Å². The number of nitrogen functional groups attached to an aromatic ring is 1. The molecular formula is C21H21N5O2S. The fraction of sp³-hybridized carbons (Fsp3) is 0.190. The van der Waals surface area contributed by atoms with Crippen molar-refractivity contribution in [2.45, 2.75) is 30.3 Å². The highest BCUT2D eigenvalue weighted by Gasteiger charge is 2.20. The van der Waals surface area contributed by atoms with Gasteiger partial charge < -0.3 is 15.6 Å². The number of amides is 1. The van der Waals surface area contributed by atoms with Gasteiger partial charge in [0.1, 0.15) is 5.76 Å². The van der Waals surface area contributed by atoms with Crippen molar-refractivity contribution in [2.24, 2.45) is 0 Å². The molecule has 0 aliphatic heterocycles. The van der Waals surface area contributed by atoms with Crippen LogP contribution in [0.3, 0.4) is 0 Å². The number of rotatable bonds is 7. The first kappa shape index (κ1) is 19.1. The second-order valence-electron chi connectivity index (χ2n) is 6.64. The van der Waals surface area contributed by atoms with Crippen molar-refractivity contribution < 1.29 is 9.21 Å². The van der Waals surface area contributed by atoms with Crippen LogP contribution in [0.25, 0.3) is 10.8 Å². The first-order valence-corrected chi connectivity index (χ1v) is 10.1. The summed E-state index contributed by atoms with van der Waals surface area (Å²) in [6.45, 7) is 2.15. The predicted octanol–water partition coefficient (Wildman–Crippen LogP) is 3.13. The Morgan fingerprint density at radius 1 is 1.17 bits per heavy atom. The first-order chi connectivity index (χ1) is 14.1. The number of nitrogens with zero attached hydrogens (tertiary/aromatic N) is 3. The Morgan fingerprint density at radius 2 is 2.00 bits per heavy atom. The van der Waals surface area contributed by atoms with Crippen molar-refractivity contribution >= 4 is 28.4 Å². The first-order valence-electron chi connectivity index (χ1n) is 9.24. The summed E-state index contributed by atoms with van der Waals surface area (Å²) in [5, 5.41) is 13.7. The minimum atomic E-state index is -0.373. The molecule has 0 saturated heterocycles. The van der Waals surface area contributed by atoms with Gasteiger partial charge >= 0.3 is 0 Å². The van der Waals surface area contributed by atoms with Crippen LogP contribution in [0.1, 0.15) is 24.1 Å². The number of hydrogen-bond acceptors (Lipinski definition) is 6. The summed E-state index contributed by atoms with van der Waals surface area (Å²) in [4.78, 5) is 12.3. The molecule has 4 aromatic rings. The maximum atomic E-state index is 12.3. The fourth-order valence-electron chi connectivity index (χ4n) is 3.07. The van der Waals surface area contributed by atoms with E-state index in [0.717, 1.165) is 10.9 Å². The standard InChI is InChI=1S/C21H21N5O2S/c1-14(20(27)23-13-17-9-5-11-28-17)29-21-25-24-19(26(21)22)12-16-8-4-7-15-6-2-3-10-18(15)16/h2-11,14H,12-13,22H2,1H3,(H,23,27)/t14-/m1/s1. The van der Waals surface area contributed by atoms with Crippen LogP contribution in [0.5, 0.6) is 0 Å². The summed E-state index contributed by atoms with van der Waals surface area (Å²) < 4.78 is 6.68. The number of carbonyl (C=O) groups excluding carboxylic acids is 1. The minimum absolute atomic E-state index is 0.120. The van der Waals surface area contributed by atoms with Crippen molar-refractivity contribution in [2.75, 3.05) is 5.84 Å². The summed E-state index contributed by atoms with van der Waals surface area (Å²) in [6, 6.07) is 18.0. The second kappa shape index (κ2) is 8.40. The zero-order valence-electron chi connectivity index (χ0n) is 15.9. The highest BCUT2D eigenvalue weighted by molar-refractivity contribution is 8.00. The summed E-state index contributed by atoms with van der Waals surface area (Å²) in [6.07, 6.45) is 2.14. The normalized spacial score (nSPS) is 12.2. The number of carbonyl (C=O) groups is 1. The largest absolute Gasteiger partial charge is 0.467 e. The van der Waals surface area contributed by atoms with Crippen molar-refractivity contribution in [3.63, 3.8) is 0 Å². The third-order valence-electron chi connectivity index (χ3n) is 4.63. The monoisotopic (exact) mass is 407 g/mol. The molecule has 0 saturated carbocycles. The lowest BCUT2D eigenvalue weighted by Crippen LogP contribution is -2.30. The molecule has 0 aliphatic rings. The number of nitrogens with two attached hydrogens (primary N) is 1. The smallest absolute Gasteiger partial charge is 0.233 e. The average molecular weight is 407 g/mol. The van der Waals surface area contributed by atoms with E-state index in [1.54, 1.807) is 19.3 Å². The van der Waals surface area contributed by atoms with Gasteiger partial charge in [-0.1, -0.05) is 54.2 Å². The molecule has 0 spiro atoms. The Kier molecular flexibility index (Phi) is 5.53. The number of furan rings is 1. The van der Waals surface area contributed by atoms with E-state index in [9.17, 15) is 4.79 Å². The lowest BCUT2D eigenvalue weighted by atomic mass is 10.0. The van der Waals surface area contributed by atoms with Crippen LogP contribution < -0.4 is 11.2 Å². The van der Waals surface area contributed by atoms with E-state index in [1.165, 1.54) is 21.8 Å². The zero-order valence-corrected chi connectivity index (χ0v) is 16.7. The van der Waals surface area contributed by atoms with Gasteiger partial charge in [0, 0.05) is 6.42 Å². The Morgan fingerprint density at radius 3 is 2.83 bits per heavy atom. The highest BCUT2D eigenvalue weighted by atomic mass is 32.2. The van der Waals surface area contributed by atoms with Gasteiger partial charge in [0.25, 0.3) is 0 Å². The van der Waals surface area contributed by atoms with Crippen LogP contribution in [0.15, 0.2) is 70.4 Å². The van der Waals surface area contributed by atoms with Crippen LogP contribution in [0.4, 0.5) is 0 Å². The summed E-state index contributed by atoms with van der Waals surface area (Å²) in [7, 11) is 0. The number of thioether (sulfide) groups is 1. The fourth-order valence-corrected chi connectivity index (χ4v) is 3.88. The average Bonchev–Trinajstić information content (AvgIpc) is 3.38. The van der Waals surface area contributed by atoms with E-state index < -0.39 is 0 Å². The minimum Gasteiger partial charge on any atom is -0.467 e. The molecule has 0 radical (unpaired) electrons. The quantitative estimate of drug-likeness (QED) is 0.361. The summed E-state index contributed by atoms with van der Waals surface area (Å²) in [5.41, 5.74) is 1.13. The molecule has 1 amide bonds. The van der Waals surface area contributed by atoms with Crippen molar-refractivity contribution in [3.8, 4) is 0 Å². The van der Waals surface area contributed by atoms with E-state index in [1.807, 2.05) is 24.3 Å². The number of nitrogens with one attached hydrogen (secondary N) is 1. The number of fused-ring (bicyclic) bond motifs is 1. The number of benzene rings is 2. The Balaban J connectivity index is 1.43. The number of hydrogen-bond donors (Lipinski definition) is 2. The van der Waals surface area contributed by atoms with Gasteiger partial charge in [-0.05, 0) is 35.4 Å². The lowest BCUT2D eigenvalue weighted by Gasteiger charge is -2.11. The van der Waals surface area contributed by atoms with Crippen molar-refractivity contribution in [3.05, 3.63) is 78.0 Å². The molecular weight excluding hydrogens is 386 g/mol. The maximum Gasteiger partial charge on any atom is 0.233 e. The van der Waals surface area contributed by atoms with Gasteiger partial charge in [-0.2, -0.15) is 0 Å². The van der Waals surface area contributed by atoms with E-state index in [0.29, 0.717) is 29.7 Å². The van der Waals surface area contributed by atoms with Crippen LogP contribution in [-0.4, -0.2) is 26.0 Å². The van der Waals surface area contributed by atoms with Gasteiger partial charge in [0.05, 0.1) is 18.1 Å². The van der Waals surface area contributed by atoms with Crippen molar-refractivity contribution in [1.29, 1.82) is 0 Å². The SMILES string of the molecule is C[C@@H](Sc1nnc(Cc2cccc3ccccc23)n1N)C(=O)NCc1ccco1. The summed E-state index contributed by atoms with van der Waals surface area (Å²) in [5.74, 6) is 7.45. The van der Waals surface area contributed by atoms with Gasteiger partial charge in [0.2, 0.25) is 11.1 Å². The highest BCUT2D eigenvalue weighted by Crippen LogP contribution is 2.24. The topological polar surface area (TPSA) is 99.0 Å². The summed E-state index contributed by atoms with van der Waals surface area (Å²) >= 11 is 1.27. The molecule has 2 heterocycles. The molecule has 8 heteroatoms. The van der Waals surface area contributed by atoms with E-state index >= 15 is 0 Å². The Hall–Kier alpha value is -3.26. The van der Waals surface area contributed by atoms with Crippen molar-refractivity contribution in [1.82, 2.24) is 20.2 Å². The molecule has 2 aromatic carbocycles. The van der Waals surface area contributed by atoms with E-state index in [2.05, 4.69) is 39.8 Å². The molecule has 7 nitrogen and oxygen atoms in total. The van der Waals surface area contributed by atoms with E-state index in [-0.39, 0.29) is 11.2 Å². The van der Waals surface area contributed by atoms with Gasteiger partial charge in [0.15, 0.2) is 5.82 Å². The molecule has 4 rings (SSSR count). The Labute approximate surface area is 172 Å². The van der Waals surface area contributed by atoms with Crippen LogP contribution in [0.2, 0.25) is 0 Å². The van der Waals surface area contributed by atoms with E-state index in [4.69, 9.17) is 10.3 Å². The molecule has 0 bridgehead atoms. The van der Waals surface area contributed by atoms with Crippen LogP contribution in [-0.2, 0) is 17.8 Å². The molecule has 3 N–H and O–H groups in total. The molecule has 0 fully saturated rings. The molecule has 29 heavy (non-hydrogen) atoms. The third kappa shape index (κ3) is 4.27. The molecule has 148 valence electrons. The van der Waals surface area contributed by atoms with Gasteiger partial charge in [-0.3, -0.25) is 4.79 Å². The predicted molar refractivity (Wildman–Crippen MR) is 113 cm³/mol. The lowest BCUT2D eigenvalue weighted by molar-refractivity contribution is -0.120. The molecule has 0 unspecified atom stereocenters. The number of aromatic nitrogens is 3. The van der Waals surface area contributed by atoms with Crippen LogP contribution in [0, 0.1) is 0 Å². The third-order valence-corrected chi connectivity index (χ3v) is 5.69. The van der Waals surface area contributed by atoms with Gasteiger partial charge in [-0.15, -0.1) is 10.2 Å². The maximum absolute atomic E-state index is 12.3. The molecule has 2 aromatic heterocycles. The Bertz CT molecular complexity index is 1120. The molecule has 0 aliphatic carbocycles. The molecule has 1 atom stereocenters. The second-order valence-corrected chi connectivity index (χ2v) is 7.95.